The van der Waals surface area contributed by atoms with Gasteiger partial charge in [0, 0.05) is 18.0 Å². The van der Waals surface area contributed by atoms with Crippen molar-refractivity contribution in [3.63, 3.8) is 0 Å². The average Bonchev–Trinajstić information content (AvgIpc) is 3.14. The lowest BCUT2D eigenvalue weighted by Crippen LogP contribution is -2.23. The third-order valence-corrected chi connectivity index (χ3v) is 3.38. The van der Waals surface area contributed by atoms with Crippen LogP contribution in [0.5, 0.6) is 0 Å². The highest BCUT2D eigenvalue weighted by molar-refractivity contribution is 5.81. The summed E-state index contributed by atoms with van der Waals surface area (Å²) in [5, 5.41) is 15.6. The molecule has 4 heteroatoms. The van der Waals surface area contributed by atoms with Gasteiger partial charge in [-0.3, -0.25) is 5.10 Å². The molecule has 0 bridgehead atoms. The number of hydrogen-bond acceptors (Lipinski definition) is 3. The molecule has 0 saturated heterocycles. The maximum atomic E-state index is 4.29. The lowest BCUT2D eigenvalue weighted by atomic mass is 10.2. The Morgan fingerprint density at radius 2 is 2.11 bits per heavy atom. The summed E-state index contributed by atoms with van der Waals surface area (Å²) in [6.07, 6.45) is 3.92. The van der Waals surface area contributed by atoms with E-state index >= 15 is 0 Å². The quantitative estimate of drug-likeness (QED) is 0.651. The van der Waals surface area contributed by atoms with Gasteiger partial charge in [-0.05, 0) is 38.4 Å². The van der Waals surface area contributed by atoms with Crippen LogP contribution in [0.25, 0.3) is 10.9 Å². The van der Waals surface area contributed by atoms with Crippen LogP contribution >= 0.6 is 0 Å². The van der Waals surface area contributed by atoms with Crippen LogP contribution in [0.15, 0.2) is 24.3 Å². The highest BCUT2D eigenvalue weighted by atomic mass is 15.1. The summed E-state index contributed by atoms with van der Waals surface area (Å²) in [6, 6.07) is 9.05. The van der Waals surface area contributed by atoms with E-state index in [0.29, 0.717) is 0 Å². The van der Waals surface area contributed by atoms with Crippen molar-refractivity contribution in [2.45, 2.75) is 31.8 Å². The molecular formula is C14H20N4. The molecule has 4 nitrogen and oxygen atoms in total. The molecule has 3 N–H and O–H groups in total. The van der Waals surface area contributed by atoms with Crippen molar-refractivity contribution in [2.24, 2.45) is 0 Å². The number of hydrogen-bond donors (Lipinski definition) is 3. The molecule has 0 atom stereocenters. The minimum atomic E-state index is 0.821. The van der Waals surface area contributed by atoms with Crippen molar-refractivity contribution < 1.29 is 0 Å². The van der Waals surface area contributed by atoms with Gasteiger partial charge in [-0.25, -0.2) is 0 Å². The number of para-hydroxylation sites is 1. The van der Waals surface area contributed by atoms with E-state index in [1.165, 1.54) is 30.3 Å². The predicted octanol–water partition coefficient (Wildman–Crippen LogP) is 1.79. The minimum absolute atomic E-state index is 0.821. The summed E-state index contributed by atoms with van der Waals surface area (Å²) >= 11 is 0. The van der Waals surface area contributed by atoms with Crippen LogP contribution in [-0.2, 0) is 6.54 Å². The zero-order valence-corrected chi connectivity index (χ0v) is 10.6. The normalized spacial score (nSPS) is 15.3. The smallest absolute Gasteiger partial charge is 0.0924 e. The Labute approximate surface area is 107 Å². The molecule has 0 radical (unpaired) electrons. The van der Waals surface area contributed by atoms with Gasteiger partial charge in [0.2, 0.25) is 0 Å². The monoisotopic (exact) mass is 244 g/mol. The van der Waals surface area contributed by atoms with Crippen LogP contribution in [0.2, 0.25) is 0 Å². The minimum Gasteiger partial charge on any atom is -0.314 e. The molecule has 1 aliphatic carbocycles. The molecule has 1 aromatic heterocycles. The van der Waals surface area contributed by atoms with Gasteiger partial charge in [-0.15, -0.1) is 0 Å². The maximum Gasteiger partial charge on any atom is 0.0924 e. The van der Waals surface area contributed by atoms with E-state index < -0.39 is 0 Å². The molecule has 0 aliphatic heterocycles. The summed E-state index contributed by atoms with van der Waals surface area (Å²) in [6.45, 7) is 3.04. The van der Waals surface area contributed by atoms with E-state index in [2.05, 4.69) is 33.0 Å². The number of aromatic amines is 1. The number of rotatable bonds is 7. The average molecular weight is 244 g/mol. The van der Waals surface area contributed by atoms with E-state index in [1.54, 1.807) is 0 Å². The molecule has 1 heterocycles. The van der Waals surface area contributed by atoms with Crippen molar-refractivity contribution >= 4 is 10.9 Å². The maximum absolute atomic E-state index is 4.29. The van der Waals surface area contributed by atoms with Crippen molar-refractivity contribution in [1.29, 1.82) is 0 Å². The van der Waals surface area contributed by atoms with E-state index in [-0.39, 0.29) is 0 Å². The Bertz CT molecular complexity index is 501. The molecular weight excluding hydrogens is 224 g/mol. The molecule has 1 saturated carbocycles. The third kappa shape index (κ3) is 2.89. The van der Waals surface area contributed by atoms with Crippen molar-refractivity contribution in [2.75, 3.05) is 13.1 Å². The summed E-state index contributed by atoms with van der Waals surface area (Å²) in [5.41, 5.74) is 2.23. The molecule has 0 unspecified atom stereocenters. The molecule has 96 valence electrons. The lowest BCUT2D eigenvalue weighted by molar-refractivity contribution is 0.590. The van der Waals surface area contributed by atoms with E-state index in [0.717, 1.165) is 31.2 Å². The first-order valence-electron chi connectivity index (χ1n) is 6.79. The number of aromatic nitrogens is 2. The Hall–Kier alpha value is -1.39. The molecule has 1 aliphatic rings. The van der Waals surface area contributed by atoms with Gasteiger partial charge >= 0.3 is 0 Å². The Kier molecular flexibility index (Phi) is 3.57. The topological polar surface area (TPSA) is 52.7 Å². The number of nitrogens with one attached hydrogen (secondary N) is 3. The van der Waals surface area contributed by atoms with Crippen molar-refractivity contribution in [3.8, 4) is 0 Å². The van der Waals surface area contributed by atoms with Crippen LogP contribution < -0.4 is 10.6 Å². The number of benzene rings is 1. The molecule has 2 aromatic rings. The molecule has 0 amide bonds. The van der Waals surface area contributed by atoms with Gasteiger partial charge in [0.25, 0.3) is 0 Å². The molecule has 1 fully saturated rings. The summed E-state index contributed by atoms with van der Waals surface area (Å²) < 4.78 is 0. The number of nitrogens with zero attached hydrogens (tertiary/aromatic N) is 1. The highest BCUT2D eigenvalue weighted by Crippen LogP contribution is 2.18. The molecule has 3 rings (SSSR count). The Balaban J connectivity index is 1.41. The second-order valence-electron chi connectivity index (χ2n) is 4.98. The lowest BCUT2D eigenvalue weighted by Gasteiger charge is -2.04. The zero-order chi connectivity index (χ0) is 12.2. The second-order valence-corrected chi connectivity index (χ2v) is 4.98. The number of H-pyrrole nitrogens is 1. The first-order chi connectivity index (χ1) is 8.93. The first-order valence-corrected chi connectivity index (χ1v) is 6.79. The summed E-state index contributed by atoms with van der Waals surface area (Å²) in [7, 11) is 0. The highest BCUT2D eigenvalue weighted by Gasteiger charge is 2.19. The third-order valence-electron chi connectivity index (χ3n) is 3.38. The van der Waals surface area contributed by atoms with Crippen LogP contribution in [0.3, 0.4) is 0 Å². The fraction of sp³-hybridized carbons (Fsp3) is 0.500. The molecule has 18 heavy (non-hydrogen) atoms. The largest absolute Gasteiger partial charge is 0.314 e. The van der Waals surface area contributed by atoms with E-state index in [4.69, 9.17) is 0 Å². The van der Waals surface area contributed by atoms with Crippen molar-refractivity contribution in [1.82, 2.24) is 20.8 Å². The van der Waals surface area contributed by atoms with E-state index in [1.807, 2.05) is 12.1 Å². The first kappa shape index (κ1) is 11.7. The van der Waals surface area contributed by atoms with Crippen LogP contribution in [-0.4, -0.2) is 29.3 Å². The van der Waals surface area contributed by atoms with Gasteiger partial charge in [0.15, 0.2) is 0 Å². The number of fused-ring (bicyclic) bond motifs is 1. The summed E-state index contributed by atoms with van der Waals surface area (Å²) in [4.78, 5) is 0. The van der Waals surface area contributed by atoms with Crippen LogP contribution in [0.1, 0.15) is 25.0 Å². The van der Waals surface area contributed by atoms with Crippen molar-refractivity contribution in [3.05, 3.63) is 30.0 Å². The van der Waals surface area contributed by atoms with Gasteiger partial charge in [-0.2, -0.15) is 5.10 Å². The van der Waals surface area contributed by atoms with Crippen LogP contribution in [0.4, 0.5) is 0 Å². The van der Waals surface area contributed by atoms with Gasteiger partial charge in [0.1, 0.15) is 0 Å². The fourth-order valence-corrected chi connectivity index (χ4v) is 2.17. The fourth-order valence-electron chi connectivity index (χ4n) is 2.17. The predicted molar refractivity (Wildman–Crippen MR) is 73.4 cm³/mol. The summed E-state index contributed by atoms with van der Waals surface area (Å²) in [5.74, 6) is 0. The van der Waals surface area contributed by atoms with Gasteiger partial charge in [0.05, 0.1) is 11.2 Å². The molecule has 0 spiro atoms. The Morgan fingerprint density at radius 1 is 1.22 bits per heavy atom. The van der Waals surface area contributed by atoms with Crippen LogP contribution in [0, 0.1) is 0 Å². The standard InChI is InChI=1S/C14H20N4/c1-2-5-13-12(4-1)14(18-17-13)10-15-8-3-9-16-11-6-7-11/h1-2,4-5,11,15-16H,3,6-10H2,(H,17,18). The zero-order valence-electron chi connectivity index (χ0n) is 10.6. The van der Waals surface area contributed by atoms with E-state index in [9.17, 15) is 0 Å². The SMILES string of the molecule is c1ccc2c(CNCCCNC3CC3)[nH]nc2c1. The molecule has 1 aromatic carbocycles. The Morgan fingerprint density at radius 3 is 3.00 bits per heavy atom. The van der Waals surface area contributed by atoms with Gasteiger partial charge < -0.3 is 10.6 Å². The van der Waals surface area contributed by atoms with Gasteiger partial charge in [-0.1, -0.05) is 18.2 Å². The second kappa shape index (κ2) is 5.50.